The molecule has 1 aromatic carbocycles. The van der Waals surface area contributed by atoms with Gasteiger partial charge in [-0.2, -0.15) is 0 Å². The van der Waals surface area contributed by atoms with Crippen LogP contribution in [-0.4, -0.2) is 14.5 Å². The minimum atomic E-state index is -3.77. The molecule has 0 atom stereocenters. The molecule has 4 nitrogen and oxygen atoms in total. The number of rotatable bonds is 4. The van der Waals surface area contributed by atoms with E-state index in [2.05, 4.69) is 0 Å². The van der Waals surface area contributed by atoms with Gasteiger partial charge >= 0.3 is 0 Å². The number of primary sulfonamides is 1. The second-order valence-corrected chi connectivity index (χ2v) is 5.62. The van der Waals surface area contributed by atoms with Crippen LogP contribution < -0.4 is 5.14 Å². The molecular formula is C10H14ClNO3S. The summed E-state index contributed by atoms with van der Waals surface area (Å²) in [5.41, 5.74) is 0.514. The van der Waals surface area contributed by atoms with Gasteiger partial charge in [0.2, 0.25) is 10.0 Å². The van der Waals surface area contributed by atoms with Crippen LogP contribution in [0.3, 0.4) is 0 Å². The molecule has 1 aromatic rings. The summed E-state index contributed by atoms with van der Waals surface area (Å²) in [6.07, 6.45) is 0.0176. The van der Waals surface area contributed by atoms with Crippen molar-refractivity contribution in [2.75, 3.05) is 0 Å². The lowest BCUT2D eigenvalue weighted by Gasteiger charge is -2.11. The van der Waals surface area contributed by atoms with E-state index in [1.165, 1.54) is 6.07 Å². The fourth-order valence-electron chi connectivity index (χ4n) is 1.17. The van der Waals surface area contributed by atoms with E-state index in [0.717, 1.165) is 0 Å². The number of hydrogen-bond acceptors (Lipinski definition) is 3. The Morgan fingerprint density at radius 2 is 2.06 bits per heavy atom. The average molecular weight is 264 g/mol. The van der Waals surface area contributed by atoms with Crippen molar-refractivity contribution < 1.29 is 13.2 Å². The summed E-state index contributed by atoms with van der Waals surface area (Å²) in [5.74, 6) is 0. The molecule has 0 radical (unpaired) electrons. The van der Waals surface area contributed by atoms with Crippen molar-refractivity contribution in [2.24, 2.45) is 5.14 Å². The second-order valence-electron chi connectivity index (χ2n) is 3.66. The van der Waals surface area contributed by atoms with Crippen molar-refractivity contribution in [3.05, 3.63) is 28.8 Å². The van der Waals surface area contributed by atoms with Crippen molar-refractivity contribution in [2.45, 2.75) is 31.5 Å². The summed E-state index contributed by atoms with van der Waals surface area (Å²) < 4.78 is 28.0. The van der Waals surface area contributed by atoms with Gasteiger partial charge in [-0.3, -0.25) is 0 Å². The summed E-state index contributed by atoms with van der Waals surface area (Å²) in [6.45, 7) is 3.93. The minimum Gasteiger partial charge on any atom is -0.374 e. The van der Waals surface area contributed by atoms with Crippen molar-refractivity contribution in [1.82, 2.24) is 0 Å². The molecule has 0 saturated heterocycles. The Labute approximate surface area is 100 Å². The van der Waals surface area contributed by atoms with E-state index in [0.29, 0.717) is 10.6 Å². The molecule has 0 bridgehead atoms. The van der Waals surface area contributed by atoms with Gasteiger partial charge in [0, 0.05) is 5.02 Å². The first kappa shape index (κ1) is 13.4. The zero-order valence-corrected chi connectivity index (χ0v) is 10.7. The predicted molar refractivity (Wildman–Crippen MR) is 62.8 cm³/mol. The molecule has 0 aliphatic rings. The number of ether oxygens (including phenoxy) is 1. The fraction of sp³-hybridized carbons (Fsp3) is 0.400. The van der Waals surface area contributed by atoms with Crippen LogP contribution in [0.15, 0.2) is 23.1 Å². The van der Waals surface area contributed by atoms with Crippen LogP contribution in [0.4, 0.5) is 0 Å². The van der Waals surface area contributed by atoms with E-state index in [4.69, 9.17) is 21.5 Å². The van der Waals surface area contributed by atoms with Gasteiger partial charge in [0.25, 0.3) is 0 Å². The molecule has 1 rings (SSSR count). The zero-order chi connectivity index (χ0) is 12.3. The SMILES string of the molecule is CC(C)OCc1ccc(Cl)cc1S(N)(=O)=O. The Balaban J connectivity index is 3.09. The molecule has 0 aliphatic heterocycles. The molecule has 0 aliphatic carbocycles. The lowest BCUT2D eigenvalue weighted by Crippen LogP contribution is -2.15. The standard InChI is InChI=1S/C10H14ClNO3S/c1-7(2)15-6-8-3-4-9(11)5-10(8)16(12,13)14/h3-5,7H,6H2,1-2H3,(H2,12,13,14). The lowest BCUT2D eigenvalue weighted by atomic mass is 10.2. The van der Waals surface area contributed by atoms with Gasteiger partial charge in [-0.15, -0.1) is 0 Å². The maximum atomic E-state index is 11.3. The third-order valence-electron chi connectivity index (χ3n) is 1.91. The molecule has 0 heterocycles. The summed E-state index contributed by atoms with van der Waals surface area (Å²) in [5, 5.41) is 5.42. The van der Waals surface area contributed by atoms with Crippen LogP contribution >= 0.6 is 11.6 Å². The molecular weight excluding hydrogens is 250 g/mol. The normalized spacial score (nSPS) is 12.1. The maximum Gasteiger partial charge on any atom is 0.238 e. The third-order valence-corrected chi connectivity index (χ3v) is 3.14. The Morgan fingerprint density at radius 1 is 1.44 bits per heavy atom. The van der Waals surface area contributed by atoms with Gasteiger partial charge in [0.1, 0.15) is 0 Å². The molecule has 90 valence electrons. The van der Waals surface area contributed by atoms with Crippen LogP contribution in [0.25, 0.3) is 0 Å². The fourth-order valence-corrected chi connectivity index (χ4v) is 2.19. The highest BCUT2D eigenvalue weighted by Crippen LogP contribution is 2.20. The van der Waals surface area contributed by atoms with Gasteiger partial charge in [-0.1, -0.05) is 17.7 Å². The molecule has 16 heavy (non-hydrogen) atoms. The van der Waals surface area contributed by atoms with E-state index in [-0.39, 0.29) is 17.6 Å². The highest BCUT2D eigenvalue weighted by atomic mass is 35.5. The van der Waals surface area contributed by atoms with E-state index < -0.39 is 10.0 Å². The van der Waals surface area contributed by atoms with Crippen LogP contribution in [0, 0.1) is 0 Å². The summed E-state index contributed by atoms with van der Waals surface area (Å²) >= 11 is 5.72. The number of sulfonamides is 1. The lowest BCUT2D eigenvalue weighted by molar-refractivity contribution is 0.0643. The highest BCUT2D eigenvalue weighted by molar-refractivity contribution is 7.89. The Kier molecular flexibility index (Phi) is 4.32. The van der Waals surface area contributed by atoms with Gasteiger partial charge in [0.15, 0.2) is 0 Å². The van der Waals surface area contributed by atoms with Crippen molar-refractivity contribution in [1.29, 1.82) is 0 Å². The van der Waals surface area contributed by atoms with Crippen molar-refractivity contribution in [3.63, 3.8) is 0 Å². The molecule has 6 heteroatoms. The average Bonchev–Trinajstić information content (AvgIpc) is 2.14. The smallest absolute Gasteiger partial charge is 0.238 e. The number of hydrogen-bond donors (Lipinski definition) is 1. The van der Waals surface area contributed by atoms with Gasteiger partial charge in [0.05, 0.1) is 17.6 Å². The van der Waals surface area contributed by atoms with Crippen molar-refractivity contribution in [3.8, 4) is 0 Å². The zero-order valence-electron chi connectivity index (χ0n) is 9.10. The molecule has 0 amide bonds. The quantitative estimate of drug-likeness (QED) is 0.902. The number of halogens is 1. The topological polar surface area (TPSA) is 69.4 Å². The summed E-state index contributed by atoms with van der Waals surface area (Å²) in [7, 11) is -3.77. The Hall–Kier alpha value is -0.620. The van der Waals surface area contributed by atoms with Crippen molar-refractivity contribution >= 4 is 21.6 Å². The van der Waals surface area contributed by atoms with Crippen LogP contribution in [0.2, 0.25) is 5.02 Å². The van der Waals surface area contributed by atoms with Crippen LogP contribution in [-0.2, 0) is 21.4 Å². The number of nitrogens with two attached hydrogens (primary N) is 1. The maximum absolute atomic E-state index is 11.3. The first-order valence-corrected chi connectivity index (χ1v) is 6.66. The van der Waals surface area contributed by atoms with Gasteiger partial charge in [-0.05, 0) is 31.5 Å². The van der Waals surface area contributed by atoms with E-state index in [1.54, 1.807) is 12.1 Å². The molecule has 0 saturated carbocycles. The van der Waals surface area contributed by atoms with E-state index in [9.17, 15) is 8.42 Å². The molecule has 0 spiro atoms. The first-order valence-electron chi connectivity index (χ1n) is 4.73. The van der Waals surface area contributed by atoms with E-state index in [1.807, 2.05) is 13.8 Å². The number of benzene rings is 1. The van der Waals surface area contributed by atoms with Crippen LogP contribution in [0.5, 0.6) is 0 Å². The first-order chi connectivity index (χ1) is 7.30. The molecule has 2 N–H and O–H groups in total. The Morgan fingerprint density at radius 3 is 2.56 bits per heavy atom. The monoisotopic (exact) mass is 263 g/mol. The summed E-state index contributed by atoms with van der Waals surface area (Å²) in [4.78, 5) is 0.0145. The largest absolute Gasteiger partial charge is 0.374 e. The Bertz CT molecular complexity index is 471. The second kappa shape index (κ2) is 5.14. The van der Waals surface area contributed by atoms with Gasteiger partial charge < -0.3 is 4.74 Å². The van der Waals surface area contributed by atoms with Gasteiger partial charge in [-0.25, -0.2) is 13.6 Å². The molecule has 0 aromatic heterocycles. The summed E-state index contributed by atoms with van der Waals surface area (Å²) in [6, 6.07) is 4.54. The molecule has 0 fully saturated rings. The predicted octanol–water partition coefficient (Wildman–Crippen LogP) is 1.91. The third kappa shape index (κ3) is 3.75. The van der Waals surface area contributed by atoms with E-state index >= 15 is 0 Å². The molecule has 0 unspecified atom stereocenters. The van der Waals surface area contributed by atoms with Crippen LogP contribution in [0.1, 0.15) is 19.4 Å². The highest BCUT2D eigenvalue weighted by Gasteiger charge is 2.14. The minimum absolute atomic E-state index is 0.0145.